The van der Waals surface area contributed by atoms with E-state index in [1.54, 1.807) is 11.8 Å². The zero-order valence-electron chi connectivity index (χ0n) is 18.6. The van der Waals surface area contributed by atoms with Crippen LogP contribution >= 0.6 is 11.8 Å². The molecule has 5 rings (SSSR count). The number of oxazole rings is 1. The topological polar surface area (TPSA) is 55.1 Å². The van der Waals surface area contributed by atoms with Crippen molar-refractivity contribution in [2.24, 2.45) is 0 Å². The van der Waals surface area contributed by atoms with Crippen LogP contribution in [0.5, 0.6) is 0 Å². The molecule has 3 aromatic carbocycles. The van der Waals surface area contributed by atoms with E-state index in [1.807, 2.05) is 55.5 Å². The van der Waals surface area contributed by atoms with E-state index in [9.17, 15) is 4.79 Å². The maximum absolute atomic E-state index is 12.9. The summed E-state index contributed by atoms with van der Waals surface area (Å²) in [4.78, 5) is 18.8. The normalized spacial score (nSPS) is 15.1. The van der Waals surface area contributed by atoms with Crippen molar-refractivity contribution in [1.29, 1.82) is 0 Å². The van der Waals surface area contributed by atoms with Gasteiger partial charge in [-0.3, -0.25) is 4.79 Å². The Kier molecular flexibility index (Phi) is 6.31. The smallest absolute Gasteiger partial charge is 0.251 e. The second-order valence-electron chi connectivity index (χ2n) is 8.32. The monoisotopic (exact) mass is 454 g/mol. The molecule has 5 heteroatoms. The first kappa shape index (κ1) is 21.5. The van der Waals surface area contributed by atoms with Crippen LogP contribution in [0, 0.1) is 6.92 Å². The van der Waals surface area contributed by atoms with Crippen LogP contribution in [0.4, 0.5) is 0 Å². The van der Waals surface area contributed by atoms with Gasteiger partial charge in [0.15, 0.2) is 0 Å². The number of thioether (sulfide) groups is 1. The number of amides is 1. The molecule has 4 nitrogen and oxygen atoms in total. The molecular formula is C28H26N2O2S. The largest absolute Gasteiger partial charge is 0.441 e. The van der Waals surface area contributed by atoms with Crippen molar-refractivity contribution >= 4 is 17.7 Å². The summed E-state index contributed by atoms with van der Waals surface area (Å²) in [6, 6.07) is 26.2. The molecular weight excluding hydrogens is 428 g/mol. The lowest BCUT2D eigenvalue weighted by Crippen LogP contribution is -2.30. The van der Waals surface area contributed by atoms with E-state index in [0.717, 1.165) is 42.0 Å². The zero-order chi connectivity index (χ0) is 22.6. The molecule has 1 aliphatic rings. The van der Waals surface area contributed by atoms with Gasteiger partial charge in [-0.05, 0) is 73.7 Å². The van der Waals surface area contributed by atoms with E-state index < -0.39 is 0 Å². The van der Waals surface area contributed by atoms with Crippen molar-refractivity contribution in [2.75, 3.05) is 0 Å². The molecule has 1 heterocycles. The molecule has 0 radical (unpaired) electrons. The van der Waals surface area contributed by atoms with Gasteiger partial charge in [0.2, 0.25) is 5.89 Å². The number of carbonyl (C=O) groups excluding carboxylic acids is 1. The first-order valence-corrected chi connectivity index (χ1v) is 12.3. The Balaban J connectivity index is 1.26. The predicted octanol–water partition coefficient (Wildman–Crippen LogP) is 6.75. The van der Waals surface area contributed by atoms with Gasteiger partial charge >= 0.3 is 0 Å². The van der Waals surface area contributed by atoms with Crippen LogP contribution in [0.25, 0.3) is 11.5 Å². The van der Waals surface area contributed by atoms with E-state index in [1.165, 1.54) is 16.0 Å². The summed E-state index contributed by atoms with van der Waals surface area (Å²) in [6.45, 7) is 1.95. The van der Waals surface area contributed by atoms with Gasteiger partial charge in [-0.1, -0.05) is 42.5 Å². The highest BCUT2D eigenvalue weighted by Gasteiger charge is 2.22. The van der Waals surface area contributed by atoms with E-state index in [4.69, 9.17) is 9.40 Å². The van der Waals surface area contributed by atoms with Crippen LogP contribution < -0.4 is 5.32 Å². The summed E-state index contributed by atoms with van der Waals surface area (Å²) in [6.07, 6.45) is 3.15. The molecule has 1 N–H and O–H groups in total. The molecule has 0 fully saturated rings. The van der Waals surface area contributed by atoms with Gasteiger partial charge < -0.3 is 9.73 Å². The summed E-state index contributed by atoms with van der Waals surface area (Å²) in [5.74, 6) is 2.12. The summed E-state index contributed by atoms with van der Waals surface area (Å²) in [5.41, 5.74) is 5.03. The zero-order valence-corrected chi connectivity index (χ0v) is 19.4. The van der Waals surface area contributed by atoms with E-state index in [-0.39, 0.29) is 11.9 Å². The van der Waals surface area contributed by atoms with Crippen LogP contribution in [0.2, 0.25) is 0 Å². The number of hydrogen-bond donors (Lipinski definition) is 1. The fourth-order valence-corrected chi connectivity index (χ4v) is 5.18. The number of benzene rings is 3. The molecule has 1 atom stereocenters. The number of hydrogen-bond acceptors (Lipinski definition) is 4. The van der Waals surface area contributed by atoms with Gasteiger partial charge in [0, 0.05) is 21.8 Å². The van der Waals surface area contributed by atoms with E-state index in [2.05, 4.69) is 35.6 Å². The maximum Gasteiger partial charge on any atom is 0.251 e. The Morgan fingerprint density at radius 1 is 1.03 bits per heavy atom. The molecule has 33 heavy (non-hydrogen) atoms. The minimum absolute atomic E-state index is 0.0493. The van der Waals surface area contributed by atoms with Crippen molar-refractivity contribution in [1.82, 2.24) is 10.3 Å². The van der Waals surface area contributed by atoms with Crippen molar-refractivity contribution in [3.63, 3.8) is 0 Å². The van der Waals surface area contributed by atoms with E-state index >= 15 is 0 Å². The molecule has 0 bridgehead atoms. The maximum atomic E-state index is 12.9. The molecule has 4 aromatic rings. The number of rotatable bonds is 6. The second-order valence-corrected chi connectivity index (χ2v) is 9.37. The SMILES string of the molecule is Cc1oc(-c2ccc(C(=O)N[C@@H]3CCCc4ccccc43)cc2)nc1CSc1ccccc1. The lowest BCUT2D eigenvalue weighted by molar-refractivity contribution is 0.0932. The summed E-state index contributed by atoms with van der Waals surface area (Å²) in [5, 5.41) is 3.22. The molecule has 1 aromatic heterocycles. The summed E-state index contributed by atoms with van der Waals surface area (Å²) < 4.78 is 5.93. The quantitative estimate of drug-likeness (QED) is 0.327. The van der Waals surface area contributed by atoms with E-state index in [0.29, 0.717) is 11.5 Å². The van der Waals surface area contributed by atoms with Gasteiger partial charge in [0.05, 0.1) is 11.7 Å². The van der Waals surface area contributed by atoms with Crippen LogP contribution in [0.3, 0.4) is 0 Å². The molecule has 0 unspecified atom stereocenters. The average molecular weight is 455 g/mol. The Bertz CT molecular complexity index is 1250. The van der Waals surface area contributed by atoms with Crippen molar-refractivity contribution < 1.29 is 9.21 Å². The summed E-state index contributed by atoms with van der Waals surface area (Å²) in [7, 11) is 0. The third kappa shape index (κ3) is 4.88. The first-order chi connectivity index (χ1) is 16.2. The number of carbonyl (C=O) groups is 1. The number of aryl methyl sites for hydroxylation is 2. The van der Waals surface area contributed by atoms with Gasteiger partial charge in [0.25, 0.3) is 5.91 Å². The third-order valence-corrected chi connectivity index (χ3v) is 7.10. The Morgan fingerprint density at radius 2 is 1.79 bits per heavy atom. The Labute approximate surface area is 198 Å². The van der Waals surface area contributed by atoms with Gasteiger partial charge in [-0.2, -0.15) is 0 Å². The number of nitrogens with one attached hydrogen (secondary N) is 1. The molecule has 1 amide bonds. The highest BCUT2D eigenvalue weighted by Crippen LogP contribution is 2.30. The fraction of sp³-hybridized carbons (Fsp3) is 0.214. The van der Waals surface area contributed by atoms with Gasteiger partial charge in [0.1, 0.15) is 5.76 Å². The molecule has 0 spiro atoms. The number of fused-ring (bicyclic) bond motifs is 1. The van der Waals surface area contributed by atoms with Gasteiger partial charge in [-0.25, -0.2) is 4.98 Å². The van der Waals surface area contributed by atoms with Crippen LogP contribution in [-0.2, 0) is 12.2 Å². The number of aromatic nitrogens is 1. The van der Waals surface area contributed by atoms with Crippen LogP contribution in [-0.4, -0.2) is 10.9 Å². The number of nitrogens with zero attached hydrogens (tertiary/aromatic N) is 1. The van der Waals surface area contributed by atoms with Crippen LogP contribution in [0.15, 0.2) is 88.2 Å². The predicted molar refractivity (Wildman–Crippen MR) is 132 cm³/mol. The fourth-order valence-electron chi connectivity index (χ4n) is 4.26. The summed E-state index contributed by atoms with van der Waals surface area (Å²) >= 11 is 1.74. The van der Waals surface area contributed by atoms with Gasteiger partial charge in [-0.15, -0.1) is 11.8 Å². The van der Waals surface area contributed by atoms with Crippen molar-refractivity contribution in [2.45, 2.75) is 42.9 Å². The molecule has 0 saturated heterocycles. The standard InChI is InChI=1S/C28H26N2O2S/c1-19-26(18-33-23-10-3-2-4-11-23)30-28(32-19)22-16-14-21(15-17-22)27(31)29-25-13-7-9-20-8-5-6-12-24(20)25/h2-6,8,10-12,14-17,25H,7,9,13,18H2,1H3,(H,29,31)/t25-/m1/s1. The third-order valence-electron chi connectivity index (χ3n) is 6.08. The van der Waals surface area contributed by atoms with Crippen molar-refractivity contribution in [3.8, 4) is 11.5 Å². The minimum Gasteiger partial charge on any atom is -0.441 e. The second kappa shape index (κ2) is 9.67. The van der Waals surface area contributed by atoms with Crippen LogP contribution in [0.1, 0.15) is 51.8 Å². The molecule has 0 aliphatic heterocycles. The average Bonchev–Trinajstić information content (AvgIpc) is 3.24. The first-order valence-electron chi connectivity index (χ1n) is 11.3. The minimum atomic E-state index is -0.0493. The lowest BCUT2D eigenvalue weighted by atomic mass is 9.87. The highest BCUT2D eigenvalue weighted by molar-refractivity contribution is 7.98. The Morgan fingerprint density at radius 3 is 2.61 bits per heavy atom. The van der Waals surface area contributed by atoms with Crippen molar-refractivity contribution in [3.05, 3.63) is 107 Å². The molecule has 1 aliphatic carbocycles. The molecule has 0 saturated carbocycles. The Hall–Kier alpha value is -3.31. The molecule has 166 valence electrons. The lowest BCUT2D eigenvalue weighted by Gasteiger charge is -2.26. The highest BCUT2D eigenvalue weighted by atomic mass is 32.2.